The molecule has 0 amide bonds. The van der Waals surface area contributed by atoms with Crippen molar-refractivity contribution in [1.82, 2.24) is 15.1 Å². The number of nitrogens with zero attached hydrogens (tertiary/aromatic N) is 2. The molecule has 0 spiro atoms. The van der Waals surface area contributed by atoms with Gasteiger partial charge in [-0.3, -0.25) is 4.68 Å². The summed E-state index contributed by atoms with van der Waals surface area (Å²) in [5, 5.41) is 7.98. The number of aromatic nitrogens is 2. The van der Waals surface area contributed by atoms with E-state index in [9.17, 15) is 0 Å². The fourth-order valence-electron chi connectivity index (χ4n) is 3.21. The van der Waals surface area contributed by atoms with E-state index < -0.39 is 0 Å². The smallest absolute Gasteiger partial charge is 0.0492 e. The number of rotatable bonds is 6. The molecular formula is C15H27N3. The summed E-state index contributed by atoms with van der Waals surface area (Å²) in [5.74, 6) is 0.912. The van der Waals surface area contributed by atoms with Crippen LogP contribution >= 0.6 is 0 Å². The normalized spacial score (nSPS) is 19.0. The van der Waals surface area contributed by atoms with Gasteiger partial charge in [-0.15, -0.1) is 0 Å². The third kappa shape index (κ3) is 3.58. The molecule has 1 aromatic rings. The number of nitrogens with one attached hydrogen (secondary N) is 1. The molecule has 1 heterocycles. The zero-order valence-corrected chi connectivity index (χ0v) is 11.9. The van der Waals surface area contributed by atoms with Gasteiger partial charge in [0.05, 0.1) is 0 Å². The third-order valence-corrected chi connectivity index (χ3v) is 4.37. The zero-order valence-electron chi connectivity index (χ0n) is 11.9. The molecule has 1 N–H and O–H groups in total. The Labute approximate surface area is 111 Å². The minimum Gasteiger partial charge on any atom is -0.313 e. The Morgan fingerprint density at radius 3 is 2.78 bits per heavy atom. The Kier molecular flexibility index (Phi) is 5.24. The van der Waals surface area contributed by atoms with E-state index in [1.165, 1.54) is 44.2 Å². The van der Waals surface area contributed by atoms with Gasteiger partial charge in [-0.25, -0.2) is 0 Å². The summed E-state index contributed by atoms with van der Waals surface area (Å²) in [7, 11) is 2.02. The van der Waals surface area contributed by atoms with Crippen LogP contribution in [0.15, 0.2) is 12.3 Å². The first-order chi connectivity index (χ1) is 8.81. The van der Waals surface area contributed by atoms with Crippen molar-refractivity contribution in [2.45, 2.75) is 57.9 Å². The van der Waals surface area contributed by atoms with Crippen LogP contribution in [0.3, 0.4) is 0 Å². The first-order valence-corrected chi connectivity index (χ1v) is 7.51. The lowest BCUT2D eigenvalue weighted by Gasteiger charge is -2.30. The standard InChI is InChI=1S/C15H27N3/c1-3-15(13-7-5-4-6-8-13)16-11-9-14-10-12-17-18(14)2/h10,12-13,15-16H,3-9,11H2,1-2H3. The Morgan fingerprint density at radius 2 is 2.17 bits per heavy atom. The van der Waals surface area contributed by atoms with Gasteiger partial charge in [0.15, 0.2) is 0 Å². The summed E-state index contributed by atoms with van der Waals surface area (Å²) in [4.78, 5) is 0. The maximum Gasteiger partial charge on any atom is 0.0492 e. The molecule has 0 bridgehead atoms. The lowest BCUT2D eigenvalue weighted by Crippen LogP contribution is -2.38. The Balaban J connectivity index is 1.75. The average molecular weight is 249 g/mol. The van der Waals surface area contributed by atoms with Crippen LogP contribution in [0.5, 0.6) is 0 Å². The van der Waals surface area contributed by atoms with Gasteiger partial charge in [-0.2, -0.15) is 5.10 Å². The van der Waals surface area contributed by atoms with E-state index >= 15 is 0 Å². The van der Waals surface area contributed by atoms with Crippen molar-refractivity contribution in [3.8, 4) is 0 Å². The summed E-state index contributed by atoms with van der Waals surface area (Å²) in [5.41, 5.74) is 1.32. The van der Waals surface area contributed by atoms with Crippen LogP contribution in [0.4, 0.5) is 0 Å². The molecule has 1 aliphatic carbocycles. The monoisotopic (exact) mass is 249 g/mol. The highest BCUT2D eigenvalue weighted by Gasteiger charge is 2.21. The van der Waals surface area contributed by atoms with Gasteiger partial charge < -0.3 is 5.32 Å². The van der Waals surface area contributed by atoms with Gasteiger partial charge in [-0.1, -0.05) is 26.2 Å². The summed E-state index contributed by atoms with van der Waals surface area (Å²) in [6, 6.07) is 2.84. The molecule has 18 heavy (non-hydrogen) atoms. The molecule has 1 aromatic heterocycles. The van der Waals surface area contributed by atoms with Gasteiger partial charge in [0.25, 0.3) is 0 Å². The molecule has 3 heteroatoms. The molecule has 102 valence electrons. The van der Waals surface area contributed by atoms with E-state index in [4.69, 9.17) is 0 Å². The van der Waals surface area contributed by atoms with Crippen molar-refractivity contribution in [3.05, 3.63) is 18.0 Å². The van der Waals surface area contributed by atoms with Gasteiger partial charge >= 0.3 is 0 Å². The minimum absolute atomic E-state index is 0.721. The van der Waals surface area contributed by atoms with Crippen LogP contribution < -0.4 is 5.32 Å². The molecule has 1 unspecified atom stereocenters. The fraction of sp³-hybridized carbons (Fsp3) is 0.800. The maximum atomic E-state index is 4.21. The van der Waals surface area contributed by atoms with Crippen molar-refractivity contribution in [3.63, 3.8) is 0 Å². The Hall–Kier alpha value is -0.830. The highest BCUT2D eigenvalue weighted by molar-refractivity contribution is 5.00. The van der Waals surface area contributed by atoms with E-state index in [1.807, 2.05) is 17.9 Å². The molecule has 0 aromatic carbocycles. The van der Waals surface area contributed by atoms with Crippen molar-refractivity contribution in [2.75, 3.05) is 6.54 Å². The minimum atomic E-state index is 0.721. The molecule has 1 fully saturated rings. The second-order valence-electron chi connectivity index (χ2n) is 5.56. The largest absolute Gasteiger partial charge is 0.313 e. The van der Waals surface area contributed by atoms with Crippen LogP contribution in [-0.2, 0) is 13.5 Å². The number of aryl methyl sites for hydroxylation is 1. The summed E-state index contributed by atoms with van der Waals surface area (Å²) < 4.78 is 1.98. The molecule has 1 atom stereocenters. The van der Waals surface area contributed by atoms with Crippen LogP contribution in [-0.4, -0.2) is 22.4 Å². The van der Waals surface area contributed by atoms with E-state index in [-0.39, 0.29) is 0 Å². The predicted molar refractivity (Wildman–Crippen MR) is 75.6 cm³/mol. The summed E-state index contributed by atoms with van der Waals surface area (Å²) in [6.45, 7) is 3.39. The van der Waals surface area contributed by atoms with Gasteiger partial charge in [0, 0.05) is 37.9 Å². The topological polar surface area (TPSA) is 29.9 Å². The second-order valence-corrected chi connectivity index (χ2v) is 5.56. The van der Waals surface area contributed by atoms with Crippen molar-refractivity contribution < 1.29 is 0 Å². The van der Waals surface area contributed by atoms with Crippen LogP contribution in [0, 0.1) is 5.92 Å². The second kappa shape index (κ2) is 6.93. The van der Waals surface area contributed by atoms with Gasteiger partial charge in [-0.05, 0) is 31.2 Å². The highest BCUT2D eigenvalue weighted by Crippen LogP contribution is 2.27. The Bertz CT molecular complexity index is 339. The lowest BCUT2D eigenvalue weighted by molar-refractivity contribution is 0.263. The number of hydrogen-bond donors (Lipinski definition) is 1. The molecule has 0 aliphatic heterocycles. The zero-order chi connectivity index (χ0) is 12.8. The Morgan fingerprint density at radius 1 is 1.39 bits per heavy atom. The molecule has 1 aliphatic rings. The molecule has 0 saturated heterocycles. The van der Waals surface area contributed by atoms with Gasteiger partial charge in [0.1, 0.15) is 0 Å². The summed E-state index contributed by atoms with van der Waals surface area (Å²) >= 11 is 0. The third-order valence-electron chi connectivity index (χ3n) is 4.37. The van der Waals surface area contributed by atoms with E-state index in [2.05, 4.69) is 23.4 Å². The van der Waals surface area contributed by atoms with Gasteiger partial charge in [0.2, 0.25) is 0 Å². The molecular weight excluding hydrogens is 222 g/mol. The van der Waals surface area contributed by atoms with Crippen LogP contribution in [0.25, 0.3) is 0 Å². The number of hydrogen-bond acceptors (Lipinski definition) is 2. The first-order valence-electron chi connectivity index (χ1n) is 7.51. The van der Waals surface area contributed by atoms with Crippen LogP contribution in [0.1, 0.15) is 51.1 Å². The maximum absolute atomic E-state index is 4.21. The van der Waals surface area contributed by atoms with Crippen molar-refractivity contribution >= 4 is 0 Å². The quantitative estimate of drug-likeness (QED) is 0.840. The van der Waals surface area contributed by atoms with Crippen molar-refractivity contribution in [2.24, 2.45) is 13.0 Å². The lowest BCUT2D eigenvalue weighted by atomic mass is 9.83. The predicted octanol–water partition coefficient (Wildman–Crippen LogP) is 2.91. The molecule has 0 radical (unpaired) electrons. The van der Waals surface area contributed by atoms with Crippen molar-refractivity contribution in [1.29, 1.82) is 0 Å². The van der Waals surface area contributed by atoms with Crippen LogP contribution in [0.2, 0.25) is 0 Å². The first kappa shape index (κ1) is 13.6. The average Bonchev–Trinajstić information content (AvgIpc) is 2.81. The molecule has 2 rings (SSSR count). The van der Waals surface area contributed by atoms with E-state index in [0.717, 1.165) is 24.9 Å². The molecule has 3 nitrogen and oxygen atoms in total. The SMILES string of the molecule is CCC(NCCc1ccnn1C)C1CCCCC1. The summed E-state index contributed by atoms with van der Waals surface area (Å²) in [6.07, 6.45) is 11.4. The van der Waals surface area contributed by atoms with E-state index in [0.29, 0.717) is 0 Å². The molecule has 1 saturated carbocycles. The van der Waals surface area contributed by atoms with E-state index in [1.54, 1.807) is 0 Å². The highest BCUT2D eigenvalue weighted by atomic mass is 15.3. The fourth-order valence-corrected chi connectivity index (χ4v) is 3.21.